The Kier molecular flexibility index (Phi) is 7.00. The van der Waals surface area contributed by atoms with Crippen molar-refractivity contribution in [2.45, 2.75) is 55.4 Å². The van der Waals surface area contributed by atoms with Gasteiger partial charge in [-0.25, -0.2) is 0 Å². The SMILES string of the molecule is CC#CC1=C(C#CC)/C(C)=C(C#CC)\C(C)=C(\C)C(C#CC)=C1C. The summed E-state index contributed by atoms with van der Waals surface area (Å²) in [5, 5.41) is 0. The Morgan fingerprint density at radius 1 is 0.375 bits per heavy atom. The summed E-state index contributed by atoms with van der Waals surface area (Å²) < 4.78 is 0. The largest absolute Gasteiger partial charge is 0.101 e. The average molecular weight is 312 g/mol. The summed E-state index contributed by atoms with van der Waals surface area (Å²) >= 11 is 0. The molecule has 120 valence electrons. The molecule has 0 unspecified atom stereocenters. The molecule has 0 nitrogen and oxygen atoms in total. The molecule has 0 N–H and O–H groups in total. The molecule has 1 aliphatic rings. The Balaban J connectivity index is 4.20. The maximum atomic E-state index is 3.26. The van der Waals surface area contributed by atoms with E-state index in [2.05, 4.69) is 75.1 Å². The lowest BCUT2D eigenvalue weighted by Gasteiger charge is -2.19. The van der Waals surface area contributed by atoms with Gasteiger partial charge >= 0.3 is 0 Å². The van der Waals surface area contributed by atoms with Gasteiger partial charge in [-0.15, -0.1) is 23.7 Å². The number of rotatable bonds is 0. The maximum Gasteiger partial charge on any atom is 0.0446 e. The third-order valence-electron chi connectivity index (χ3n) is 4.06. The van der Waals surface area contributed by atoms with Crippen molar-refractivity contribution in [1.29, 1.82) is 0 Å². The molecule has 0 heteroatoms. The highest BCUT2D eigenvalue weighted by Crippen LogP contribution is 2.34. The van der Waals surface area contributed by atoms with E-state index in [1.165, 1.54) is 0 Å². The van der Waals surface area contributed by atoms with E-state index in [0.717, 1.165) is 44.6 Å². The fourth-order valence-electron chi connectivity index (χ4n) is 2.75. The minimum absolute atomic E-state index is 0.948. The fraction of sp³-hybridized carbons (Fsp3) is 0.333. The molecule has 0 atom stereocenters. The lowest BCUT2D eigenvalue weighted by molar-refractivity contribution is 1.21. The predicted molar refractivity (Wildman–Crippen MR) is 105 cm³/mol. The molecular weight excluding hydrogens is 288 g/mol. The first-order valence-corrected chi connectivity index (χ1v) is 8.00. The Morgan fingerprint density at radius 2 is 0.625 bits per heavy atom. The van der Waals surface area contributed by atoms with Gasteiger partial charge < -0.3 is 0 Å². The zero-order valence-corrected chi connectivity index (χ0v) is 16.0. The van der Waals surface area contributed by atoms with E-state index in [0.29, 0.717) is 0 Å². The van der Waals surface area contributed by atoms with Crippen molar-refractivity contribution >= 4 is 0 Å². The summed E-state index contributed by atoms with van der Waals surface area (Å²) in [6.07, 6.45) is 0. The van der Waals surface area contributed by atoms with Crippen molar-refractivity contribution in [3.8, 4) is 47.4 Å². The fourth-order valence-corrected chi connectivity index (χ4v) is 2.75. The lowest BCUT2D eigenvalue weighted by Crippen LogP contribution is -2.05. The Hall–Kier alpha value is -2.80. The summed E-state index contributed by atoms with van der Waals surface area (Å²) in [4.78, 5) is 0. The van der Waals surface area contributed by atoms with E-state index in [1.54, 1.807) is 0 Å². The van der Waals surface area contributed by atoms with Gasteiger partial charge in [0, 0.05) is 22.3 Å². The highest BCUT2D eigenvalue weighted by atomic mass is 14.2. The Morgan fingerprint density at radius 3 is 0.875 bits per heavy atom. The third-order valence-corrected chi connectivity index (χ3v) is 4.06. The van der Waals surface area contributed by atoms with Crippen LogP contribution < -0.4 is 0 Å². The second kappa shape index (κ2) is 8.73. The molecule has 0 aromatic heterocycles. The molecule has 0 saturated carbocycles. The van der Waals surface area contributed by atoms with Crippen molar-refractivity contribution in [1.82, 2.24) is 0 Å². The molecule has 24 heavy (non-hydrogen) atoms. The van der Waals surface area contributed by atoms with Crippen LogP contribution in [0.4, 0.5) is 0 Å². The molecule has 1 rings (SSSR count). The van der Waals surface area contributed by atoms with Crippen LogP contribution in [-0.4, -0.2) is 0 Å². The molecule has 0 saturated heterocycles. The standard InChI is InChI=1S/C24H24/c1-9-13-21-17(5)18(6)22(14-10-2)20(8)24(16-12-4)23(15-11-3)19(21)7/h1-8H3/b18-17-,21-17?,21-19-,22-18?,22-20?,23-19?,24-20?,24-23?. The monoisotopic (exact) mass is 312 g/mol. The van der Waals surface area contributed by atoms with Gasteiger partial charge in [-0.3, -0.25) is 0 Å². The van der Waals surface area contributed by atoms with Gasteiger partial charge in [0.2, 0.25) is 0 Å². The molecule has 0 aliphatic heterocycles. The summed E-state index contributed by atoms with van der Waals surface area (Å²) in [5.41, 5.74) is 8.40. The Bertz CT molecular complexity index is 844. The van der Waals surface area contributed by atoms with Crippen LogP contribution in [0.5, 0.6) is 0 Å². The predicted octanol–water partition coefficient (Wildman–Crippen LogP) is 5.36. The van der Waals surface area contributed by atoms with Crippen molar-refractivity contribution in [2.24, 2.45) is 0 Å². The van der Waals surface area contributed by atoms with Crippen LogP contribution >= 0.6 is 0 Å². The molecule has 0 heterocycles. The maximum absolute atomic E-state index is 3.26. The molecule has 1 aliphatic carbocycles. The first kappa shape index (κ1) is 19.2. The third kappa shape index (κ3) is 3.75. The van der Waals surface area contributed by atoms with E-state index >= 15 is 0 Å². The molecule has 0 amide bonds. The van der Waals surface area contributed by atoms with Crippen LogP contribution in [-0.2, 0) is 0 Å². The van der Waals surface area contributed by atoms with Gasteiger partial charge in [0.15, 0.2) is 0 Å². The minimum Gasteiger partial charge on any atom is -0.101 e. The average Bonchev–Trinajstić information content (AvgIpc) is 2.57. The second-order valence-electron chi connectivity index (χ2n) is 5.50. The molecule has 0 radical (unpaired) electrons. The van der Waals surface area contributed by atoms with E-state index in [9.17, 15) is 0 Å². The molecule has 0 spiro atoms. The van der Waals surface area contributed by atoms with Gasteiger partial charge in [-0.05, 0) is 77.7 Å². The minimum atomic E-state index is 0.948. The molecule has 0 aromatic carbocycles. The number of hydrogen-bond donors (Lipinski definition) is 0. The first-order chi connectivity index (χ1) is 11.4. The smallest absolute Gasteiger partial charge is 0.0446 e. The molecule has 0 aromatic rings. The Labute approximate surface area is 147 Å². The van der Waals surface area contributed by atoms with Crippen molar-refractivity contribution in [3.63, 3.8) is 0 Å². The van der Waals surface area contributed by atoms with Crippen molar-refractivity contribution < 1.29 is 0 Å². The van der Waals surface area contributed by atoms with Gasteiger partial charge in [0.1, 0.15) is 0 Å². The number of hydrogen-bond acceptors (Lipinski definition) is 0. The van der Waals surface area contributed by atoms with Crippen molar-refractivity contribution in [3.05, 3.63) is 44.6 Å². The van der Waals surface area contributed by atoms with E-state index in [1.807, 2.05) is 27.7 Å². The highest BCUT2D eigenvalue weighted by Gasteiger charge is 2.20. The van der Waals surface area contributed by atoms with E-state index < -0.39 is 0 Å². The second-order valence-corrected chi connectivity index (χ2v) is 5.50. The van der Waals surface area contributed by atoms with Gasteiger partial charge in [0.05, 0.1) is 0 Å². The van der Waals surface area contributed by atoms with Gasteiger partial charge in [-0.2, -0.15) is 0 Å². The summed E-state index contributed by atoms with van der Waals surface area (Å²) in [6, 6.07) is 0. The summed E-state index contributed by atoms with van der Waals surface area (Å²) in [6.45, 7) is 15.8. The van der Waals surface area contributed by atoms with Crippen LogP contribution in [0.2, 0.25) is 0 Å². The molecule has 0 fully saturated rings. The van der Waals surface area contributed by atoms with E-state index in [-0.39, 0.29) is 0 Å². The summed E-state index contributed by atoms with van der Waals surface area (Å²) in [7, 11) is 0. The zero-order chi connectivity index (χ0) is 18.3. The normalized spacial score (nSPS) is 20.3. The highest BCUT2D eigenvalue weighted by molar-refractivity contribution is 5.72. The van der Waals surface area contributed by atoms with E-state index in [4.69, 9.17) is 0 Å². The lowest BCUT2D eigenvalue weighted by atomic mass is 9.83. The topological polar surface area (TPSA) is 0 Å². The van der Waals surface area contributed by atoms with Crippen LogP contribution in [0.25, 0.3) is 0 Å². The zero-order valence-electron chi connectivity index (χ0n) is 16.0. The van der Waals surface area contributed by atoms with Gasteiger partial charge in [-0.1, -0.05) is 23.7 Å². The van der Waals surface area contributed by atoms with Gasteiger partial charge in [0.25, 0.3) is 0 Å². The first-order valence-electron chi connectivity index (χ1n) is 8.00. The van der Waals surface area contributed by atoms with Crippen LogP contribution in [0.3, 0.4) is 0 Å². The van der Waals surface area contributed by atoms with Crippen LogP contribution in [0.15, 0.2) is 44.6 Å². The van der Waals surface area contributed by atoms with Crippen molar-refractivity contribution in [2.75, 3.05) is 0 Å². The molecular formula is C24H24. The quantitative estimate of drug-likeness (QED) is 0.528. The molecule has 0 bridgehead atoms. The number of allylic oxidation sites excluding steroid dienone is 8. The van der Waals surface area contributed by atoms with Crippen LogP contribution in [0, 0.1) is 47.4 Å². The van der Waals surface area contributed by atoms with Crippen LogP contribution in [0.1, 0.15) is 55.4 Å². The summed E-state index contributed by atoms with van der Waals surface area (Å²) in [5.74, 6) is 25.1.